The predicted molar refractivity (Wildman–Crippen MR) is 64.1 cm³/mol. The minimum atomic E-state index is -0.158. The second-order valence-corrected chi connectivity index (χ2v) is 4.15. The van der Waals surface area contributed by atoms with Gasteiger partial charge in [0.25, 0.3) is 5.91 Å². The van der Waals surface area contributed by atoms with Crippen LogP contribution in [0.2, 0.25) is 0 Å². The monoisotopic (exact) mass is 225 g/mol. The summed E-state index contributed by atoms with van der Waals surface area (Å²) < 4.78 is 0. The summed E-state index contributed by atoms with van der Waals surface area (Å²) in [7, 11) is 0. The molecule has 4 nitrogen and oxygen atoms in total. The molecule has 0 atom stereocenters. The van der Waals surface area contributed by atoms with Crippen LogP contribution in [0, 0.1) is 6.92 Å². The van der Waals surface area contributed by atoms with Gasteiger partial charge in [0.2, 0.25) is 0 Å². The summed E-state index contributed by atoms with van der Waals surface area (Å²) in [6, 6.07) is 1.70. The number of nitrogen functional groups attached to an aromatic ring is 1. The number of hydrogen-bond donors (Lipinski definition) is 2. The molecule has 0 saturated heterocycles. The molecule has 1 amide bonds. The van der Waals surface area contributed by atoms with Gasteiger partial charge in [-0.3, -0.25) is 9.78 Å². The molecule has 0 unspecified atom stereocenters. The van der Waals surface area contributed by atoms with Crippen molar-refractivity contribution < 1.29 is 4.79 Å². The Balaban J connectivity index is 2.65. The van der Waals surface area contributed by atoms with E-state index in [2.05, 4.69) is 10.3 Å². The maximum atomic E-state index is 11.6. The largest absolute Gasteiger partial charge is 0.398 e. The Bertz CT molecular complexity index is 355. The summed E-state index contributed by atoms with van der Waals surface area (Å²) in [4.78, 5) is 15.7. The van der Waals surface area contributed by atoms with Gasteiger partial charge < -0.3 is 11.1 Å². The lowest BCUT2D eigenvalue weighted by molar-refractivity contribution is 0.0956. The van der Waals surface area contributed by atoms with Crippen molar-refractivity contribution in [3.63, 3.8) is 0 Å². The van der Waals surface area contributed by atoms with Gasteiger partial charge in [0.15, 0.2) is 0 Å². The van der Waals surface area contributed by atoms with Crippen molar-refractivity contribution in [1.82, 2.24) is 10.3 Å². The molecule has 0 aliphatic carbocycles. The van der Waals surface area contributed by atoms with Crippen LogP contribution in [0.3, 0.4) is 0 Å². The third-order valence-corrected chi connectivity index (χ3v) is 2.52. The zero-order chi connectivity index (χ0) is 11.3. The quantitative estimate of drug-likeness (QED) is 0.752. The zero-order valence-electron chi connectivity index (χ0n) is 8.91. The highest BCUT2D eigenvalue weighted by Gasteiger charge is 2.09. The molecular weight excluding hydrogens is 210 g/mol. The second-order valence-electron chi connectivity index (χ2n) is 3.16. The number of anilines is 1. The number of aromatic nitrogens is 1. The lowest BCUT2D eigenvalue weighted by Crippen LogP contribution is -2.26. The first-order valence-electron chi connectivity index (χ1n) is 4.64. The highest BCUT2D eigenvalue weighted by atomic mass is 32.2. The summed E-state index contributed by atoms with van der Waals surface area (Å²) in [5, 5.41) is 2.78. The number of nitrogens with zero attached hydrogens (tertiary/aromatic N) is 1. The summed E-state index contributed by atoms with van der Waals surface area (Å²) >= 11 is 1.68. The van der Waals surface area contributed by atoms with Crippen molar-refractivity contribution in [3.8, 4) is 0 Å². The van der Waals surface area contributed by atoms with E-state index < -0.39 is 0 Å². The number of nitrogens with two attached hydrogens (primary N) is 1. The molecule has 82 valence electrons. The van der Waals surface area contributed by atoms with Gasteiger partial charge in [0.1, 0.15) is 0 Å². The molecule has 0 aliphatic heterocycles. The van der Waals surface area contributed by atoms with Crippen molar-refractivity contribution in [2.75, 3.05) is 24.3 Å². The molecule has 0 bridgehead atoms. The molecule has 0 aliphatic rings. The average Bonchev–Trinajstić information content (AvgIpc) is 2.17. The van der Waals surface area contributed by atoms with Crippen LogP contribution in [0.1, 0.15) is 16.1 Å². The Morgan fingerprint density at radius 2 is 2.40 bits per heavy atom. The number of hydrogen-bond acceptors (Lipinski definition) is 4. The van der Waals surface area contributed by atoms with Crippen molar-refractivity contribution in [3.05, 3.63) is 23.5 Å². The number of amides is 1. The zero-order valence-corrected chi connectivity index (χ0v) is 9.73. The smallest absolute Gasteiger partial charge is 0.254 e. The lowest BCUT2D eigenvalue weighted by atomic mass is 10.2. The van der Waals surface area contributed by atoms with Crippen LogP contribution in [0.25, 0.3) is 0 Å². The Labute approximate surface area is 93.7 Å². The van der Waals surface area contributed by atoms with E-state index in [1.54, 1.807) is 17.8 Å². The number of rotatable bonds is 4. The summed E-state index contributed by atoms with van der Waals surface area (Å²) in [6.45, 7) is 2.49. The number of aryl methyl sites for hydroxylation is 1. The molecule has 0 radical (unpaired) electrons. The van der Waals surface area contributed by atoms with Crippen LogP contribution >= 0.6 is 11.8 Å². The maximum absolute atomic E-state index is 11.6. The fraction of sp³-hybridized carbons (Fsp3) is 0.400. The van der Waals surface area contributed by atoms with E-state index in [9.17, 15) is 4.79 Å². The summed E-state index contributed by atoms with van der Waals surface area (Å²) in [6.07, 6.45) is 3.51. The fourth-order valence-electron chi connectivity index (χ4n) is 1.13. The standard InChI is InChI=1S/C10H15N3OS/c1-7-5-9(11)8(6-13-7)10(14)12-3-4-15-2/h5-6H,3-4H2,1-2H3,(H2,11,13)(H,12,14). The second kappa shape index (κ2) is 5.60. The molecule has 1 aromatic heterocycles. The molecule has 15 heavy (non-hydrogen) atoms. The van der Waals surface area contributed by atoms with Crippen LogP contribution < -0.4 is 11.1 Å². The molecule has 1 aromatic rings. The average molecular weight is 225 g/mol. The van der Waals surface area contributed by atoms with Crippen molar-refractivity contribution in [2.45, 2.75) is 6.92 Å². The van der Waals surface area contributed by atoms with E-state index in [0.29, 0.717) is 17.8 Å². The lowest BCUT2D eigenvalue weighted by Gasteiger charge is -2.06. The van der Waals surface area contributed by atoms with Crippen LogP contribution in [-0.2, 0) is 0 Å². The van der Waals surface area contributed by atoms with E-state index >= 15 is 0 Å². The van der Waals surface area contributed by atoms with Gasteiger partial charge in [-0.25, -0.2) is 0 Å². The van der Waals surface area contributed by atoms with Crippen LogP contribution in [-0.4, -0.2) is 29.4 Å². The number of thioether (sulfide) groups is 1. The maximum Gasteiger partial charge on any atom is 0.254 e. The topological polar surface area (TPSA) is 68.0 Å². The highest BCUT2D eigenvalue weighted by molar-refractivity contribution is 7.98. The van der Waals surface area contributed by atoms with Crippen LogP contribution in [0.4, 0.5) is 5.69 Å². The molecular formula is C10H15N3OS. The minimum Gasteiger partial charge on any atom is -0.398 e. The number of pyridine rings is 1. The normalized spacial score (nSPS) is 10.0. The van der Waals surface area contributed by atoms with Crippen LogP contribution in [0.5, 0.6) is 0 Å². The Morgan fingerprint density at radius 3 is 3.00 bits per heavy atom. The van der Waals surface area contributed by atoms with Gasteiger partial charge in [-0.15, -0.1) is 0 Å². The summed E-state index contributed by atoms with van der Waals surface area (Å²) in [5.41, 5.74) is 7.46. The number of nitrogens with one attached hydrogen (secondary N) is 1. The minimum absolute atomic E-state index is 0.158. The van der Waals surface area contributed by atoms with Gasteiger partial charge in [-0.1, -0.05) is 0 Å². The molecule has 1 heterocycles. The van der Waals surface area contributed by atoms with Gasteiger partial charge in [0, 0.05) is 29.9 Å². The molecule has 3 N–H and O–H groups in total. The molecule has 5 heteroatoms. The fourth-order valence-corrected chi connectivity index (χ4v) is 1.44. The summed E-state index contributed by atoms with van der Waals surface area (Å²) in [5.74, 6) is 0.735. The highest BCUT2D eigenvalue weighted by Crippen LogP contribution is 2.10. The van der Waals surface area contributed by atoms with E-state index in [1.165, 1.54) is 6.20 Å². The van der Waals surface area contributed by atoms with Gasteiger partial charge in [0.05, 0.1) is 5.56 Å². The van der Waals surface area contributed by atoms with Crippen molar-refractivity contribution in [2.24, 2.45) is 0 Å². The number of carbonyl (C=O) groups excluding carboxylic acids is 1. The van der Waals surface area contributed by atoms with Crippen molar-refractivity contribution >= 4 is 23.4 Å². The SMILES string of the molecule is CSCCNC(=O)c1cnc(C)cc1N. The Kier molecular flexibility index (Phi) is 4.42. The molecule has 0 saturated carbocycles. The molecule has 0 aromatic carbocycles. The van der Waals surface area contributed by atoms with E-state index in [0.717, 1.165) is 11.4 Å². The predicted octanol–water partition coefficient (Wildman–Crippen LogP) is 1.07. The first-order valence-corrected chi connectivity index (χ1v) is 6.03. The Morgan fingerprint density at radius 1 is 1.67 bits per heavy atom. The van der Waals surface area contributed by atoms with Gasteiger partial charge >= 0.3 is 0 Å². The number of carbonyl (C=O) groups is 1. The van der Waals surface area contributed by atoms with Gasteiger partial charge in [-0.2, -0.15) is 11.8 Å². The van der Waals surface area contributed by atoms with Crippen LogP contribution in [0.15, 0.2) is 12.3 Å². The van der Waals surface area contributed by atoms with E-state index in [-0.39, 0.29) is 5.91 Å². The molecule has 1 rings (SSSR count). The third kappa shape index (κ3) is 3.43. The molecule has 0 spiro atoms. The van der Waals surface area contributed by atoms with Gasteiger partial charge in [-0.05, 0) is 19.2 Å². The van der Waals surface area contributed by atoms with Crippen molar-refractivity contribution in [1.29, 1.82) is 0 Å². The third-order valence-electron chi connectivity index (χ3n) is 1.91. The Hall–Kier alpha value is -1.23. The van der Waals surface area contributed by atoms with E-state index in [1.807, 2.05) is 13.2 Å². The van der Waals surface area contributed by atoms with E-state index in [4.69, 9.17) is 5.73 Å². The first-order chi connectivity index (χ1) is 7.15. The molecule has 0 fully saturated rings. The first kappa shape index (κ1) is 11.8.